The fourth-order valence-electron chi connectivity index (χ4n) is 2.17. The topological polar surface area (TPSA) is 58.1 Å². The maximum atomic E-state index is 12.0. The van der Waals surface area contributed by atoms with Crippen LogP contribution < -0.4 is 10.2 Å². The molecule has 1 aliphatic rings. The highest BCUT2D eigenvalue weighted by atomic mass is 79.9. The Kier molecular flexibility index (Phi) is 4.16. The predicted octanol–water partition coefficient (Wildman–Crippen LogP) is 1.59. The molecule has 0 unspecified atom stereocenters. The molecule has 0 bridgehead atoms. The molecule has 0 spiro atoms. The lowest BCUT2D eigenvalue weighted by Crippen LogP contribution is -2.56. The van der Waals surface area contributed by atoms with Gasteiger partial charge in [0, 0.05) is 19.3 Å². The number of amides is 1. The molecule has 1 aromatic heterocycles. The summed E-state index contributed by atoms with van der Waals surface area (Å²) in [5.74, 6) is 1.34. The minimum Gasteiger partial charge on any atom is -0.353 e. The van der Waals surface area contributed by atoms with Crippen LogP contribution in [0.25, 0.3) is 0 Å². The van der Waals surface area contributed by atoms with Crippen LogP contribution in [0.1, 0.15) is 20.3 Å². The number of aromatic nitrogens is 2. The van der Waals surface area contributed by atoms with E-state index < -0.39 is 0 Å². The van der Waals surface area contributed by atoms with Crippen molar-refractivity contribution in [1.82, 2.24) is 15.3 Å². The minimum atomic E-state index is -0.148. The smallest absolute Gasteiger partial charge is 0.242 e. The summed E-state index contributed by atoms with van der Waals surface area (Å²) in [7, 11) is 0. The molecule has 0 aromatic carbocycles. The first-order valence-corrected chi connectivity index (χ1v) is 6.88. The number of carbonyl (C=O) groups excluding carboxylic acids is 1. The lowest BCUT2D eigenvalue weighted by atomic mass is 10.00. The molecule has 98 valence electrons. The Morgan fingerprint density at radius 3 is 3.06 bits per heavy atom. The van der Waals surface area contributed by atoms with Crippen LogP contribution >= 0.6 is 15.9 Å². The summed E-state index contributed by atoms with van der Waals surface area (Å²) in [6, 6.07) is -0.148. The summed E-state index contributed by atoms with van der Waals surface area (Å²) in [6.45, 7) is 5.67. The molecule has 5 nitrogen and oxygen atoms in total. The van der Waals surface area contributed by atoms with Gasteiger partial charge in [-0.2, -0.15) is 0 Å². The minimum absolute atomic E-state index is 0.0838. The lowest BCUT2D eigenvalue weighted by molar-refractivity contribution is -0.123. The third-order valence-corrected chi connectivity index (χ3v) is 3.51. The number of halogens is 1. The average molecular weight is 313 g/mol. The van der Waals surface area contributed by atoms with Crippen LogP contribution in [0, 0.1) is 5.92 Å². The largest absolute Gasteiger partial charge is 0.353 e. The standard InChI is InChI=1S/C12H17BrN4O/c1-8(2)5-10-12(18)15-3-4-17(10)11-9(13)6-14-7-16-11/h6-8,10H,3-5H2,1-2H3,(H,15,18)/t10-/m1/s1. The second kappa shape index (κ2) is 5.65. The van der Waals surface area contributed by atoms with Crippen LogP contribution in [0.15, 0.2) is 17.0 Å². The van der Waals surface area contributed by atoms with Gasteiger partial charge in [0.1, 0.15) is 18.2 Å². The molecule has 1 fully saturated rings. The summed E-state index contributed by atoms with van der Waals surface area (Å²) in [5.41, 5.74) is 0. The van der Waals surface area contributed by atoms with Crippen molar-refractivity contribution in [2.24, 2.45) is 5.92 Å². The van der Waals surface area contributed by atoms with E-state index in [9.17, 15) is 4.79 Å². The number of hydrogen-bond acceptors (Lipinski definition) is 4. The molecule has 0 saturated carbocycles. The van der Waals surface area contributed by atoms with Crippen LogP contribution in [-0.2, 0) is 4.79 Å². The number of nitrogens with zero attached hydrogens (tertiary/aromatic N) is 3. The van der Waals surface area contributed by atoms with Gasteiger partial charge in [-0.1, -0.05) is 13.8 Å². The van der Waals surface area contributed by atoms with Gasteiger partial charge in [-0.05, 0) is 28.3 Å². The predicted molar refractivity (Wildman–Crippen MR) is 73.3 cm³/mol. The Morgan fingerprint density at radius 2 is 2.39 bits per heavy atom. The summed E-state index contributed by atoms with van der Waals surface area (Å²) in [4.78, 5) is 22.3. The van der Waals surface area contributed by atoms with Gasteiger partial charge in [0.25, 0.3) is 0 Å². The number of hydrogen-bond donors (Lipinski definition) is 1. The first kappa shape index (κ1) is 13.3. The highest BCUT2D eigenvalue weighted by Gasteiger charge is 2.31. The van der Waals surface area contributed by atoms with Crippen molar-refractivity contribution in [1.29, 1.82) is 0 Å². The Balaban J connectivity index is 2.28. The average Bonchev–Trinajstić information content (AvgIpc) is 2.32. The van der Waals surface area contributed by atoms with Crippen molar-refractivity contribution >= 4 is 27.7 Å². The van der Waals surface area contributed by atoms with E-state index in [1.165, 1.54) is 6.33 Å². The highest BCUT2D eigenvalue weighted by Crippen LogP contribution is 2.27. The van der Waals surface area contributed by atoms with Gasteiger partial charge in [0.05, 0.1) is 4.47 Å². The molecule has 2 rings (SSSR count). The Morgan fingerprint density at radius 1 is 1.61 bits per heavy atom. The molecule has 1 N–H and O–H groups in total. The summed E-state index contributed by atoms with van der Waals surface area (Å²) >= 11 is 3.45. The van der Waals surface area contributed by atoms with E-state index >= 15 is 0 Å². The van der Waals surface area contributed by atoms with E-state index in [1.54, 1.807) is 6.20 Å². The monoisotopic (exact) mass is 312 g/mol. The molecule has 1 atom stereocenters. The van der Waals surface area contributed by atoms with Crippen molar-refractivity contribution in [2.45, 2.75) is 26.3 Å². The van der Waals surface area contributed by atoms with Crippen molar-refractivity contribution in [3.8, 4) is 0 Å². The molecular formula is C12H17BrN4O. The lowest BCUT2D eigenvalue weighted by Gasteiger charge is -2.37. The van der Waals surface area contributed by atoms with Gasteiger partial charge < -0.3 is 10.2 Å². The Bertz CT molecular complexity index is 438. The molecular weight excluding hydrogens is 296 g/mol. The van der Waals surface area contributed by atoms with Crippen molar-refractivity contribution in [3.05, 3.63) is 17.0 Å². The third-order valence-electron chi connectivity index (χ3n) is 2.95. The number of piperazine rings is 1. The van der Waals surface area contributed by atoms with Crippen LogP contribution in [0.2, 0.25) is 0 Å². The van der Waals surface area contributed by atoms with Gasteiger partial charge in [0.15, 0.2) is 0 Å². The zero-order valence-corrected chi connectivity index (χ0v) is 12.1. The fraction of sp³-hybridized carbons (Fsp3) is 0.583. The van der Waals surface area contributed by atoms with Crippen molar-refractivity contribution in [2.75, 3.05) is 18.0 Å². The molecule has 1 aromatic rings. The van der Waals surface area contributed by atoms with Gasteiger partial charge in [0.2, 0.25) is 5.91 Å². The SMILES string of the molecule is CC(C)C[C@@H]1C(=O)NCCN1c1ncncc1Br. The number of carbonyl (C=O) groups is 1. The molecule has 2 heterocycles. The van der Waals surface area contributed by atoms with E-state index in [4.69, 9.17) is 0 Å². The molecule has 0 radical (unpaired) electrons. The normalized spacial score (nSPS) is 20.1. The Labute approximate surface area is 115 Å². The fourth-order valence-corrected chi connectivity index (χ4v) is 2.61. The van der Waals surface area contributed by atoms with E-state index in [0.717, 1.165) is 23.3 Å². The van der Waals surface area contributed by atoms with Crippen molar-refractivity contribution < 1.29 is 4.79 Å². The van der Waals surface area contributed by atoms with Crippen LogP contribution in [-0.4, -0.2) is 35.0 Å². The van der Waals surface area contributed by atoms with Crippen LogP contribution in [0.3, 0.4) is 0 Å². The van der Waals surface area contributed by atoms with E-state index in [2.05, 4.69) is 50.0 Å². The molecule has 1 aliphatic heterocycles. The van der Waals surface area contributed by atoms with Gasteiger partial charge >= 0.3 is 0 Å². The number of nitrogens with one attached hydrogen (secondary N) is 1. The van der Waals surface area contributed by atoms with Gasteiger partial charge in [-0.15, -0.1) is 0 Å². The maximum Gasteiger partial charge on any atom is 0.242 e. The molecule has 1 amide bonds. The van der Waals surface area contributed by atoms with Gasteiger partial charge in [-0.3, -0.25) is 4.79 Å². The molecule has 6 heteroatoms. The first-order chi connectivity index (χ1) is 8.59. The summed E-state index contributed by atoms with van der Waals surface area (Å²) in [5, 5.41) is 2.92. The van der Waals surface area contributed by atoms with E-state index in [0.29, 0.717) is 12.5 Å². The summed E-state index contributed by atoms with van der Waals surface area (Å²) < 4.78 is 0.827. The second-order valence-corrected chi connectivity index (χ2v) is 5.68. The quantitative estimate of drug-likeness (QED) is 0.921. The second-order valence-electron chi connectivity index (χ2n) is 4.82. The Hall–Kier alpha value is -1.17. The molecule has 1 saturated heterocycles. The zero-order valence-electron chi connectivity index (χ0n) is 10.6. The third kappa shape index (κ3) is 2.80. The first-order valence-electron chi connectivity index (χ1n) is 6.09. The molecule has 0 aliphatic carbocycles. The maximum absolute atomic E-state index is 12.0. The van der Waals surface area contributed by atoms with Crippen LogP contribution in [0.5, 0.6) is 0 Å². The van der Waals surface area contributed by atoms with Gasteiger partial charge in [-0.25, -0.2) is 9.97 Å². The van der Waals surface area contributed by atoms with Crippen molar-refractivity contribution in [3.63, 3.8) is 0 Å². The molecule has 18 heavy (non-hydrogen) atoms. The number of rotatable bonds is 3. The van der Waals surface area contributed by atoms with Crippen LogP contribution in [0.4, 0.5) is 5.82 Å². The van der Waals surface area contributed by atoms with E-state index in [1.807, 2.05) is 0 Å². The summed E-state index contributed by atoms with van der Waals surface area (Å²) in [6.07, 6.45) is 4.04. The zero-order chi connectivity index (χ0) is 13.1. The highest BCUT2D eigenvalue weighted by molar-refractivity contribution is 9.10. The van der Waals surface area contributed by atoms with E-state index in [-0.39, 0.29) is 11.9 Å². The number of anilines is 1.